The Kier molecular flexibility index (Phi) is 5.09. The van der Waals surface area contributed by atoms with Gasteiger partial charge in [-0.05, 0) is 39.5 Å². The molecule has 2 N–H and O–H groups in total. The van der Waals surface area contributed by atoms with Gasteiger partial charge in [-0.25, -0.2) is 9.97 Å². The molecule has 2 aliphatic rings. The second-order valence-corrected chi connectivity index (χ2v) is 7.81. The van der Waals surface area contributed by atoms with Crippen LogP contribution in [0.5, 0.6) is 0 Å². The number of anilines is 2. The highest BCUT2D eigenvalue weighted by atomic mass is 16.2. The van der Waals surface area contributed by atoms with Crippen LogP contribution in [-0.4, -0.2) is 37.5 Å². The number of aryl methyl sites for hydroxylation is 2. The van der Waals surface area contributed by atoms with Gasteiger partial charge in [-0.3, -0.25) is 9.89 Å². The first-order valence-electron chi connectivity index (χ1n) is 10.1. The molecule has 7 nitrogen and oxygen atoms in total. The molecule has 0 bridgehead atoms. The minimum Gasteiger partial charge on any atom is -0.334 e. The number of carbonyl (C=O) groups is 1. The Hall–Kier alpha value is -2.44. The first-order chi connectivity index (χ1) is 13.1. The average Bonchev–Trinajstić information content (AvgIpc) is 3.30. The zero-order valence-corrected chi connectivity index (χ0v) is 16.2. The number of likely N-dealkylation sites (tertiary alicyclic amines) is 1. The van der Waals surface area contributed by atoms with E-state index in [9.17, 15) is 4.79 Å². The average molecular weight is 368 g/mol. The van der Waals surface area contributed by atoms with Crippen molar-refractivity contribution in [2.45, 2.75) is 64.8 Å². The lowest BCUT2D eigenvalue weighted by Gasteiger charge is -2.30. The maximum Gasteiger partial charge on any atom is 0.226 e. The largest absolute Gasteiger partial charge is 0.334 e. The Morgan fingerprint density at radius 2 is 1.89 bits per heavy atom. The number of aromatic amines is 1. The quantitative estimate of drug-likeness (QED) is 0.857. The molecular formula is C20H28N6O. The predicted molar refractivity (Wildman–Crippen MR) is 104 cm³/mol. The smallest absolute Gasteiger partial charge is 0.226 e. The third-order valence-electron chi connectivity index (χ3n) is 5.65. The third kappa shape index (κ3) is 3.96. The van der Waals surface area contributed by atoms with Gasteiger partial charge in [0, 0.05) is 30.3 Å². The molecule has 4 rings (SSSR count). The van der Waals surface area contributed by atoms with Crippen LogP contribution in [0.25, 0.3) is 0 Å². The van der Waals surface area contributed by atoms with Crippen molar-refractivity contribution < 1.29 is 4.79 Å². The zero-order chi connectivity index (χ0) is 18.8. The highest BCUT2D eigenvalue weighted by Crippen LogP contribution is 2.35. The highest BCUT2D eigenvalue weighted by molar-refractivity contribution is 5.79. The predicted octanol–water partition coefficient (Wildman–Crippen LogP) is 3.80. The molecule has 1 unspecified atom stereocenters. The fraction of sp³-hybridized carbons (Fsp3) is 0.600. The van der Waals surface area contributed by atoms with Gasteiger partial charge in [-0.2, -0.15) is 5.10 Å². The lowest BCUT2D eigenvalue weighted by atomic mass is 9.88. The minimum atomic E-state index is 0.0580. The van der Waals surface area contributed by atoms with E-state index in [4.69, 9.17) is 0 Å². The summed E-state index contributed by atoms with van der Waals surface area (Å²) in [5, 5.41) is 10.4. The monoisotopic (exact) mass is 368 g/mol. The number of carbonyl (C=O) groups excluding carboxylic acids is 1. The SMILES string of the molecule is Cc1nc(Nc2cc(C)[nH]n2)cc(C2CCCN2C(=O)C2CCCCC2)n1. The molecule has 2 aromatic rings. The maximum atomic E-state index is 13.1. The summed E-state index contributed by atoms with van der Waals surface area (Å²) in [5.74, 6) is 2.69. The van der Waals surface area contributed by atoms with Crippen molar-refractivity contribution in [1.82, 2.24) is 25.1 Å². The number of amides is 1. The lowest BCUT2D eigenvalue weighted by molar-refractivity contribution is -0.137. The van der Waals surface area contributed by atoms with Crippen LogP contribution >= 0.6 is 0 Å². The molecule has 2 aromatic heterocycles. The molecular weight excluding hydrogens is 340 g/mol. The number of nitrogens with one attached hydrogen (secondary N) is 2. The van der Waals surface area contributed by atoms with Gasteiger partial charge in [-0.15, -0.1) is 0 Å². The molecule has 1 aliphatic heterocycles. The van der Waals surface area contributed by atoms with E-state index in [1.807, 2.05) is 26.0 Å². The van der Waals surface area contributed by atoms with E-state index in [0.29, 0.717) is 11.7 Å². The van der Waals surface area contributed by atoms with Crippen LogP contribution in [-0.2, 0) is 4.79 Å². The first-order valence-corrected chi connectivity index (χ1v) is 10.1. The molecule has 0 spiro atoms. The van der Waals surface area contributed by atoms with Crippen LogP contribution in [0.15, 0.2) is 12.1 Å². The van der Waals surface area contributed by atoms with Crippen LogP contribution in [0.3, 0.4) is 0 Å². The molecule has 0 aromatic carbocycles. The maximum absolute atomic E-state index is 13.1. The highest BCUT2D eigenvalue weighted by Gasteiger charge is 2.35. The van der Waals surface area contributed by atoms with Gasteiger partial charge < -0.3 is 10.2 Å². The van der Waals surface area contributed by atoms with Crippen molar-refractivity contribution >= 4 is 17.5 Å². The van der Waals surface area contributed by atoms with Crippen molar-refractivity contribution in [2.75, 3.05) is 11.9 Å². The van der Waals surface area contributed by atoms with E-state index in [2.05, 4.69) is 30.4 Å². The fourth-order valence-electron chi connectivity index (χ4n) is 4.36. The van der Waals surface area contributed by atoms with Gasteiger partial charge in [0.25, 0.3) is 0 Å². The summed E-state index contributed by atoms with van der Waals surface area (Å²) >= 11 is 0. The Labute approximate surface area is 160 Å². The van der Waals surface area contributed by atoms with E-state index < -0.39 is 0 Å². The van der Waals surface area contributed by atoms with Gasteiger partial charge in [-0.1, -0.05) is 19.3 Å². The second-order valence-electron chi connectivity index (χ2n) is 7.81. The number of nitrogens with zero attached hydrogens (tertiary/aromatic N) is 4. The summed E-state index contributed by atoms with van der Waals surface area (Å²) in [6, 6.07) is 3.96. The topological polar surface area (TPSA) is 86.8 Å². The van der Waals surface area contributed by atoms with Crippen molar-refractivity contribution in [3.05, 3.63) is 29.3 Å². The van der Waals surface area contributed by atoms with Crippen molar-refractivity contribution in [3.8, 4) is 0 Å². The van der Waals surface area contributed by atoms with Gasteiger partial charge in [0.1, 0.15) is 11.6 Å². The summed E-state index contributed by atoms with van der Waals surface area (Å²) in [5.41, 5.74) is 1.92. The molecule has 1 amide bonds. The van der Waals surface area contributed by atoms with Gasteiger partial charge in [0.05, 0.1) is 11.7 Å². The van der Waals surface area contributed by atoms with Gasteiger partial charge in [0.2, 0.25) is 5.91 Å². The van der Waals surface area contributed by atoms with Gasteiger partial charge in [0.15, 0.2) is 5.82 Å². The minimum absolute atomic E-state index is 0.0580. The third-order valence-corrected chi connectivity index (χ3v) is 5.65. The number of rotatable bonds is 4. The van der Waals surface area contributed by atoms with E-state index in [1.54, 1.807) is 0 Å². The van der Waals surface area contributed by atoms with Crippen LogP contribution in [0.2, 0.25) is 0 Å². The standard InChI is InChI=1S/C20H28N6O/c1-13-11-19(25-24-13)23-18-12-16(21-14(2)22-18)17-9-6-10-26(17)20(27)15-7-4-3-5-8-15/h11-12,15,17H,3-10H2,1-2H3,(H2,21,22,23,24,25). The number of aromatic nitrogens is 4. The first kappa shape index (κ1) is 17.9. The molecule has 3 heterocycles. The number of H-pyrrole nitrogens is 1. The zero-order valence-electron chi connectivity index (χ0n) is 16.2. The molecule has 27 heavy (non-hydrogen) atoms. The summed E-state index contributed by atoms with van der Waals surface area (Å²) in [6.45, 7) is 4.69. The molecule has 1 saturated heterocycles. The van der Waals surface area contributed by atoms with Crippen LogP contribution in [0.4, 0.5) is 11.6 Å². The Morgan fingerprint density at radius 1 is 1.07 bits per heavy atom. The van der Waals surface area contributed by atoms with Crippen LogP contribution in [0.1, 0.15) is 68.2 Å². The second kappa shape index (κ2) is 7.66. The van der Waals surface area contributed by atoms with Crippen LogP contribution < -0.4 is 5.32 Å². The normalized spacial score (nSPS) is 20.8. The molecule has 1 saturated carbocycles. The van der Waals surface area contributed by atoms with Crippen LogP contribution in [0, 0.1) is 19.8 Å². The molecule has 144 valence electrons. The molecule has 1 atom stereocenters. The molecule has 7 heteroatoms. The van der Waals surface area contributed by atoms with E-state index in [1.165, 1.54) is 19.3 Å². The van der Waals surface area contributed by atoms with E-state index >= 15 is 0 Å². The Bertz CT molecular complexity index is 811. The molecule has 0 radical (unpaired) electrons. The summed E-state index contributed by atoms with van der Waals surface area (Å²) in [7, 11) is 0. The number of hydrogen-bond acceptors (Lipinski definition) is 5. The summed E-state index contributed by atoms with van der Waals surface area (Å²) < 4.78 is 0. The Balaban J connectivity index is 1.55. The van der Waals surface area contributed by atoms with Crippen molar-refractivity contribution in [1.29, 1.82) is 0 Å². The van der Waals surface area contributed by atoms with Gasteiger partial charge >= 0.3 is 0 Å². The summed E-state index contributed by atoms with van der Waals surface area (Å²) in [4.78, 5) is 24.3. The number of hydrogen-bond donors (Lipinski definition) is 2. The lowest BCUT2D eigenvalue weighted by Crippen LogP contribution is -2.37. The van der Waals surface area contributed by atoms with Crippen molar-refractivity contribution in [3.63, 3.8) is 0 Å². The molecule has 2 fully saturated rings. The fourth-order valence-corrected chi connectivity index (χ4v) is 4.36. The van der Waals surface area contributed by atoms with E-state index in [0.717, 1.165) is 55.3 Å². The van der Waals surface area contributed by atoms with E-state index in [-0.39, 0.29) is 12.0 Å². The van der Waals surface area contributed by atoms with Crippen molar-refractivity contribution in [2.24, 2.45) is 5.92 Å². The summed E-state index contributed by atoms with van der Waals surface area (Å²) in [6.07, 6.45) is 7.70. The molecule has 1 aliphatic carbocycles. The Morgan fingerprint density at radius 3 is 2.63 bits per heavy atom.